The highest BCUT2D eigenvalue weighted by Gasteiger charge is 2.46. The summed E-state index contributed by atoms with van der Waals surface area (Å²) in [7, 11) is -4.11. The smallest absolute Gasteiger partial charge is 0.416 e. The van der Waals surface area contributed by atoms with Crippen molar-refractivity contribution in [2.45, 2.75) is 48.7 Å². The molecule has 3 aromatic rings. The van der Waals surface area contributed by atoms with Gasteiger partial charge in [-0.15, -0.1) is 0 Å². The number of rotatable bonds is 9. The number of carboxylic acid groups (broad SMARTS) is 1. The van der Waals surface area contributed by atoms with E-state index in [9.17, 15) is 36.3 Å². The number of alkyl halides is 3. The van der Waals surface area contributed by atoms with Gasteiger partial charge < -0.3 is 10.4 Å². The minimum atomic E-state index is -4.59. The molecule has 0 aliphatic carbocycles. The van der Waals surface area contributed by atoms with Crippen molar-refractivity contribution < 1.29 is 36.3 Å². The molecular weight excluding hydrogens is 557 g/mol. The van der Waals surface area contributed by atoms with Gasteiger partial charge in [-0.25, -0.2) is 8.42 Å². The van der Waals surface area contributed by atoms with E-state index in [1.807, 2.05) is 30.3 Å². The Kier molecular flexibility index (Phi) is 8.89. The van der Waals surface area contributed by atoms with Gasteiger partial charge in [0.25, 0.3) is 0 Å². The second-order valence-corrected chi connectivity index (χ2v) is 12.2. The number of halogens is 3. The molecule has 3 aromatic carbocycles. The van der Waals surface area contributed by atoms with Crippen LogP contribution >= 0.6 is 0 Å². The molecule has 2 N–H and O–H groups in total. The molecule has 7 nitrogen and oxygen atoms in total. The van der Waals surface area contributed by atoms with Crippen molar-refractivity contribution >= 4 is 21.9 Å². The van der Waals surface area contributed by atoms with Gasteiger partial charge in [-0.1, -0.05) is 60.7 Å². The van der Waals surface area contributed by atoms with Gasteiger partial charge in [0.15, 0.2) is 0 Å². The van der Waals surface area contributed by atoms with E-state index in [0.717, 1.165) is 29.8 Å². The summed E-state index contributed by atoms with van der Waals surface area (Å²) in [5.74, 6) is -2.35. The SMILES string of the molecule is CC(C(=O)O)C(Cc1ccccc1)NC(=O)C1(c2ccccc2)CCN(S(=O)(=O)c2ccc(C(F)(F)F)cc2)CC1. The number of hydrogen-bond acceptors (Lipinski definition) is 4. The molecule has 1 heterocycles. The predicted octanol–water partition coefficient (Wildman–Crippen LogP) is 4.88. The zero-order valence-electron chi connectivity index (χ0n) is 22.3. The molecule has 218 valence electrons. The lowest BCUT2D eigenvalue weighted by atomic mass is 9.72. The highest BCUT2D eigenvalue weighted by atomic mass is 32.2. The second kappa shape index (κ2) is 12.0. The van der Waals surface area contributed by atoms with Crippen molar-refractivity contribution in [2.75, 3.05) is 13.1 Å². The summed E-state index contributed by atoms with van der Waals surface area (Å²) in [6, 6.07) is 20.7. The van der Waals surface area contributed by atoms with E-state index in [1.54, 1.807) is 30.3 Å². The molecule has 41 heavy (non-hydrogen) atoms. The van der Waals surface area contributed by atoms with E-state index >= 15 is 0 Å². The molecule has 2 atom stereocenters. The Bertz CT molecular complexity index is 1460. The lowest BCUT2D eigenvalue weighted by molar-refractivity contribution is -0.142. The highest BCUT2D eigenvalue weighted by Crippen LogP contribution is 2.38. The average molecular weight is 589 g/mol. The maximum Gasteiger partial charge on any atom is 0.416 e. The number of amides is 1. The van der Waals surface area contributed by atoms with Crippen LogP contribution in [0, 0.1) is 5.92 Å². The molecule has 0 radical (unpaired) electrons. The topological polar surface area (TPSA) is 104 Å². The van der Waals surface area contributed by atoms with Crippen LogP contribution in [0.2, 0.25) is 0 Å². The minimum Gasteiger partial charge on any atom is -0.481 e. The van der Waals surface area contributed by atoms with Crippen molar-refractivity contribution in [1.82, 2.24) is 9.62 Å². The van der Waals surface area contributed by atoms with E-state index in [2.05, 4.69) is 5.32 Å². The van der Waals surface area contributed by atoms with Crippen molar-refractivity contribution in [1.29, 1.82) is 0 Å². The molecule has 0 spiro atoms. The summed E-state index contributed by atoms with van der Waals surface area (Å²) in [6.45, 7) is 1.43. The van der Waals surface area contributed by atoms with E-state index < -0.39 is 51.0 Å². The number of nitrogens with zero attached hydrogens (tertiary/aromatic N) is 1. The third kappa shape index (κ3) is 6.62. The quantitative estimate of drug-likeness (QED) is 0.371. The van der Waals surface area contributed by atoms with Crippen molar-refractivity contribution in [3.63, 3.8) is 0 Å². The first-order chi connectivity index (χ1) is 19.3. The van der Waals surface area contributed by atoms with Gasteiger partial charge in [0.2, 0.25) is 15.9 Å². The number of sulfonamides is 1. The first-order valence-electron chi connectivity index (χ1n) is 13.2. The Morgan fingerprint density at radius 1 is 0.927 bits per heavy atom. The molecule has 1 fully saturated rings. The molecule has 1 aliphatic heterocycles. The molecule has 1 amide bonds. The summed E-state index contributed by atoms with van der Waals surface area (Å²) in [4.78, 5) is 25.7. The van der Waals surface area contributed by atoms with E-state index in [0.29, 0.717) is 12.0 Å². The molecule has 0 saturated carbocycles. The molecule has 4 rings (SSSR count). The molecular formula is C30H31F3N2O5S. The number of hydrogen-bond donors (Lipinski definition) is 2. The molecule has 1 saturated heterocycles. The van der Waals surface area contributed by atoms with Crippen LogP contribution in [-0.4, -0.2) is 48.8 Å². The summed E-state index contributed by atoms with van der Waals surface area (Å²) in [5, 5.41) is 12.7. The fourth-order valence-electron chi connectivity index (χ4n) is 5.18. The van der Waals surface area contributed by atoms with E-state index in [1.165, 1.54) is 11.2 Å². The maximum absolute atomic E-state index is 14.0. The predicted molar refractivity (Wildman–Crippen MR) is 146 cm³/mol. The first kappa shape index (κ1) is 30.3. The van der Waals surface area contributed by atoms with Crippen LogP contribution in [0.4, 0.5) is 13.2 Å². The van der Waals surface area contributed by atoms with Gasteiger partial charge in [0.05, 0.1) is 21.8 Å². The fraction of sp³-hybridized carbons (Fsp3) is 0.333. The largest absolute Gasteiger partial charge is 0.481 e. The second-order valence-electron chi connectivity index (χ2n) is 10.3. The van der Waals surface area contributed by atoms with Gasteiger partial charge in [0, 0.05) is 19.1 Å². The molecule has 11 heteroatoms. The maximum atomic E-state index is 14.0. The number of benzene rings is 3. The highest BCUT2D eigenvalue weighted by molar-refractivity contribution is 7.89. The zero-order chi connectivity index (χ0) is 29.8. The number of piperidine rings is 1. The lowest BCUT2D eigenvalue weighted by Gasteiger charge is -2.41. The molecule has 1 aliphatic rings. The van der Waals surface area contributed by atoms with Gasteiger partial charge in [-0.2, -0.15) is 17.5 Å². The van der Waals surface area contributed by atoms with Crippen molar-refractivity contribution in [2.24, 2.45) is 5.92 Å². The Labute approximate surface area is 237 Å². The fourth-order valence-corrected chi connectivity index (χ4v) is 6.62. The standard InChI is InChI=1S/C30H31F3N2O5S/c1-21(27(36)37)26(20-22-8-4-2-5-9-22)34-28(38)29(23-10-6-3-7-11-23)16-18-35(19-17-29)41(39,40)25-14-12-24(13-15-25)30(31,32)33/h2-15,21,26H,16-20H2,1H3,(H,34,38)(H,36,37). The third-order valence-electron chi connectivity index (χ3n) is 7.76. The normalized spacial score (nSPS) is 17.4. The van der Waals surface area contributed by atoms with Gasteiger partial charge in [0.1, 0.15) is 0 Å². The Morgan fingerprint density at radius 2 is 1.46 bits per heavy atom. The molecule has 0 aromatic heterocycles. The van der Waals surface area contributed by atoms with Crippen LogP contribution in [0.5, 0.6) is 0 Å². The number of carbonyl (C=O) groups excluding carboxylic acids is 1. The number of carboxylic acids is 1. The third-order valence-corrected chi connectivity index (χ3v) is 9.68. The van der Waals surface area contributed by atoms with Crippen molar-refractivity contribution in [3.05, 3.63) is 102 Å². The number of nitrogens with one attached hydrogen (secondary N) is 1. The minimum absolute atomic E-state index is 0.0521. The Balaban J connectivity index is 1.59. The van der Waals surface area contributed by atoms with E-state index in [-0.39, 0.29) is 30.8 Å². The van der Waals surface area contributed by atoms with Gasteiger partial charge >= 0.3 is 12.1 Å². The zero-order valence-corrected chi connectivity index (χ0v) is 23.2. The first-order valence-corrected chi connectivity index (χ1v) is 14.6. The van der Waals surface area contributed by atoms with Gasteiger partial charge in [-0.3, -0.25) is 9.59 Å². The number of carbonyl (C=O) groups is 2. The van der Waals surface area contributed by atoms with Crippen LogP contribution in [0.15, 0.2) is 89.8 Å². The summed E-state index contributed by atoms with van der Waals surface area (Å²) in [6.07, 6.45) is -4.10. The van der Waals surface area contributed by atoms with Crippen LogP contribution < -0.4 is 5.32 Å². The Morgan fingerprint density at radius 3 is 1.98 bits per heavy atom. The average Bonchev–Trinajstić information content (AvgIpc) is 2.97. The monoisotopic (exact) mass is 588 g/mol. The lowest BCUT2D eigenvalue weighted by Crippen LogP contribution is -2.56. The van der Waals surface area contributed by atoms with Crippen LogP contribution in [0.1, 0.15) is 36.5 Å². The van der Waals surface area contributed by atoms with Gasteiger partial charge in [-0.05, 0) is 61.6 Å². The van der Waals surface area contributed by atoms with E-state index in [4.69, 9.17) is 0 Å². The molecule has 0 bridgehead atoms. The van der Waals surface area contributed by atoms with Crippen LogP contribution in [0.25, 0.3) is 0 Å². The summed E-state index contributed by atoms with van der Waals surface area (Å²) >= 11 is 0. The summed E-state index contributed by atoms with van der Waals surface area (Å²) in [5.41, 5.74) is -0.557. The molecule has 2 unspecified atom stereocenters. The van der Waals surface area contributed by atoms with Crippen LogP contribution in [0.3, 0.4) is 0 Å². The number of aliphatic carboxylic acids is 1. The van der Waals surface area contributed by atoms with Crippen LogP contribution in [-0.2, 0) is 37.6 Å². The summed E-state index contributed by atoms with van der Waals surface area (Å²) < 4.78 is 66.7. The van der Waals surface area contributed by atoms with Crippen molar-refractivity contribution in [3.8, 4) is 0 Å². The Hall–Kier alpha value is -3.70.